The Hall–Kier alpha value is -2.28. The molecule has 2 saturated heterocycles. The number of hydrogen-bond donors (Lipinski definition) is 1. The number of carbonyl (C=O) groups is 2. The molecule has 2 aliphatic heterocycles. The number of hydrogen-bond acceptors (Lipinski definition) is 5. The van der Waals surface area contributed by atoms with Crippen molar-refractivity contribution >= 4 is 23.6 Å². The van der Waals surface area contributed by atoms with Crippen molar-refractivity contribution in [1.29, 1.82) is 0 Å². The van der Waals surface area contributed by atoms with Gasteiger partial charge in [-0.3, -0.25) is 9.80 Å². The van der Waals surface area contributed by atoms with E-state index in [9.17, 15) is 9.59 Å². The molecule has 2 amide bonds. The molecular weight excluding hydrogens is 286 g/mol. The lowest BCUT2D eigenvalue weighted by atomic mass is 10.2. The van der Waals surface area contributed by atoms with Crippen LogP contribution in [0.5, 0.6) is 0 Å². The molecule has 1 aromatic carbocycles. The van der Waals surface area contributed by atoms with Crippen LogP contribution >= 0.6 is 0 Å². The van der Waals surface area contributed by atoms with Gasteiger partial charge in [-0.25, -0.2) is 9.59 Å². The summed E-state index contributed by atoms with van der Waals surface area (Å²) < 4.78 is 10.3. The highest BCUT2D eigenvalue weighted by Crippen LogP contribution is 2.26. The van der Waals surface area contributed by atoms with Gasteiger partial charge in [-0.05, 0) is 44.3 Å². The van der Waals surface area contributed by atoms with Crippen LogP contribution in [0.2, 0.25) is 0 Å². The van der Waals surface area contributed by atoms with Gasteiger partial charge in [-0.2, -0.15) is 0 Å². The third-order valence-corrected chi connectivity index (χ3v) is 3.82. The number of benzene rings is 1. The van der Waals surface area contributed by atoms with Crippen molar-refractivity contribution in [1.82, 2.24) is 5.32 Å². The van der Waals surface area contributed by atoms with Crippen LogP contribution in [0.1, 0.15) is 6.42 Å². The highest BCUT2D eigenvalue weighted by Gasteiger charge is 2.32. The number of carbonyl (C=O) groups excluding carboxylic acids is 2. The van der Waals surface area contributed by atoms with Crippen molar-refractivity contribution in [2.75, 3.05) is 43.1 Å². The van der Waals surface area contributed by atoms with Crippen LogP contribution < -0.4 is 15.1 Å². The van der Waals surface area contributed by atoms with Crippen LogP contribution in [0.25, 0.3) is 0 Å². The van der Waals surface area contributed by atoms with E-state index in [1.165, 1.54) is 0 Å². The first-order valence-corrected chi connectivity index (χ1v) is 7.36. The van der Waals surface area contributed by atoms with Crippen LogP contribution in [-0.2, 0) is 9.47 Å². The van der Waals surface area contributed by atoms with Crippen LogP contribution in [0.15, 0.2) is 24.3 Å². The fraction of sp³-hybridized carbons (Fsp3) is 0.467. The largest absolute Gasteiger partial charge is 0.447 e. The van der Waals surface area contributed by atoms with Gasteiger partial charge in [-0.15, -0.1) is 0 Å². The molecule has 0 bridgehead atoms. The smallest absolute Gasteiger partial charge is 0.414 e. The van der Waals surface area contributed by atoms with E-state index in [1.807, 2.05) is 31.3 Å². The Morgan fingerprint density at radius 1 is 1.14 bits per heavy atom. The van der Waals surface area contributed by atoms with Crippen LogP contribution in [0.3, 0.4) is 0 Å². The Kier molecular flexibility index (Phi) is 4.15. The Morgan fingerprint density at radius 2 is 1.82 bits per heavy atom. The van der Waals surface area contributed by atoms with Gasteiger partial charge >= 0.3 is 12.2 Å². The molecule has 2 fully saturated rings. The lowest BCUT2D eigenvalue weighted by molar-refractivity contribution is 0.137. The molecule has 3 rings (SSSR count). The van der Waals surface area contributed by atoms with Gasteiger partial charge in [0.2, 0.25) is 0 Å². The van der Waals surface area contributed by atoms with Crippen molar-refractivity contribution in [3.05, 3.63) is 24.3 Å². The summed E-state index contributed by atoms with van der Waals surface area (Å²) >= 11 is 0. The first-order valence-electron chi connectivity index (χ1n) is 7.36. The average molecular weight is 305 g/mol. The van der Waals surface area contributed by atoms with Gasteiger partial charge in [0.15, 0.2) is 0 Å². The van der Waals surface area contributed by atoms with Crippen molar-refractivity contribution in [3.8, 4) is 0 Å². The third kappa shape index (κ3) is 2.85. The molecular formula is C15H19N3O4. The van der Waals surface area contributed by atoms with E-state index in [2.05, 4.69) is 5.32 Å². The second-order valence-corrected chi connectivity index (χ2v) is 5.29. The van der Waals surface area contributed by atoms with Gasteiger partial charge in [0.1, 0.15) is 12.7 Å². The van der Waals surface area contributed by atoms with Gasteiger partial charge < -0.3 is 14.8 Å². The topological polar surface area (TPSA) is 71.1 Å². The van der Waals surface area contributed by atoms with Crippen molar-refractivity contribution in [2.24, 2.45) is 0 Å². The summed E-state index contributed by atoms with van der Waals surface area (Å²) in [5.41, 5.74) is 1.54. The third-order valence-electron chi connectivity index (χ3n) is 3.82. The fourth-order valence-corrected chi connectivity index (χ4v) is 2.63. The minimum atomic E-state index is -0.333. The molecule has 2 heterocycles. The average Bonchev–Trinajstić information content (AvgIpc) is 3.11. The number of rotatable bonds is 5. The summed E-state index contributed by atoms with van der Waals surface area (Å²) in [5.74, 6) is 0. The van der Waals surface area contributed by atoms with Crippen LogP contribution in [0.4, 0.5) is 21.0 Å². The van der Waals surface area contributed by atoms with E-state index in [-0.39, 0.29) is 18.3 Å². The van der Waals surface area contributed by atoms with Crippen molar-refractivity contribution in [3.63, 3.8) is 0 Å². The van der Waals surface area contributed by atoms with E-state index < -0.39 is 0 Å². The molecule has 7 heteroatoms. The Balaban J connectivity index is 1.68. The summed E-state index contributed by atoms with van der Waals surface area (Å²) in [6.07, 6.45) is 0.0410. The molecule has 1 aromatic rings. The lowest BCUT2D eigenvalue weighted by Gasteiger charge is -2.16. The molecule has 1 atom stereocenters. The maximum atomic E-state index is 11.9. The number of anilines is 2. The van der Waals surface area contributed by atoms with Gasteiger partial charge in [0.25, 0.3) is 0 Å². The minimum Gasteiger partial charge on any atom is -0.447 e. The maximum Gasteiger partial charge on any atom is 0.414 e. The molecule has 0 aromatic heterocycles. The van der Waals surface area contributed by atoms with E-state index >= 15 is 0 Å². The van der Waals surface area contributed by atoms with Gasteiger partial charge in [-0.1, -0.05) is 0 Å². The quantitative estimate of drug-likeness (QED) is 0.894. The van der Waals surface area contributed by atoms with E-state index in [1.54, 1.807) is 9.80 Å². The number of amides is 2. The Morgan fingerprint density at radius 3 is 2.41 bits per heavy atom. The highest BCUT2D eigenvalue weighted by atomic mass is 16.6. The summed E-state index contributed by atoms with van der Waals surface area (Å²) in [4.78, 5) is 26.7. The highest BCUT2D eigenvalue weighted by molar-refractivity contribution is 5.92. The SMILES string of the molecule is CNCCC1CN(c2ccc(N3CCOC3=O)cc2)C(=O)O1. The monoisotopic (exact) mass is 305 g/mol. The summed E-state index contributed by atoms with van der Waals surface area (Å²) in [7, 11) is 1.87. The number of cyclic esters (lactones) is 2. The zero-order valence-corrected chi connectivity index (χ0v) is 12.4. The summed E-state index contributed by atoms with van der Waals surface area (Å²) in [6, 6.07) is 7.28. The normalized spacial score (nSPS) is 21.2. The zero-order valence-electron chi connectivity index (χ0n) is 12.4. The Bertz CT molecular complexity index is 560. The lowest BCUT2D eigenvalue weighted by Crippen LogP contribution is -2.26. The first-order chi connectivity index (χ1) is 10.7. The predicted octanol–water partition coefficient (Wildman–Crippen LogP) is 1.58. The minimum absolute atomic E-state index is 0.0896. The first kappa shape index (κ1) is 14.6. The summed E-state index contributed by atoms with van der Waals surface area (Å²) in [5, 5.41) is 3.05. The number of nitrogens with zero attached hydrogens (tertiary/aromatic N) is 2. The van der Waals surface area contributed by atoms with E-state index in [0.717, 1.165) is 24.3 Å². The molecule has 0 spiro atoms. The molecule has 0 aliphatic carbocycles. The molecule has 2 aliphatic rings. The second kappa shape index (κ2) is 6.23. The predicted molar refractivity (Wildman–Crippen MR) is 81.3 cm³/mol. The van der Waals surface area contributed by atoms with E-state index in [0.29, 0.717) is 19.7 Å². The van der Waals surface area contributed by atoms with Crippen molar-refractivity contribution in [2.45, 2.75) is 12.5 Å². The van der Waals surface area contributed by atoms with Crippen LogP contribution in [0, 0.1) is 0 Å². The van der Waals surface area contributed by atoms with Gasteiger partial charge in [0.05, 0.1) is 13.1 Å². The van der Waals surface area contributed by atoms with E-state index in [4.69, 9.17) is 9.47 Å². The molecule has 7 nitrogen and oxygen atoms in total. The molecule has 1 N–H and O–H groups in total. The molecule has 0 radical (unpaired) electrons. The molecule has 118 valence electrons. The Labute approximate surface area is 128 Å². The molecule has 0 saturated carbocycles. The second-order valence-electron chi connectivity index (χ2n) is 5.29. The molecule has 1 unspecified atom stereocenters. The zero-order chi connectivity index (χ0) is 15.5. The fourth-order valence-electron chi connectivity index (χ4n) is 2.63. The van der Waals surface area contributed by atoms with Crippen LogP contribution in [-0.4, -0.2) is 51.6 Å². The summed E-state index contributed by atoms with van der Waals surface area (Å²) in [6.45, 7) is 2.32. The van der Waals surface area contributed by atoms with Gasteiger partial charge in [0, 0.05) is 11.4 Å². The molecule has 22 heavy (non-hydrogen) atoms. The standard InChI is InChI=1S/C15H19N3O4/c1-16-7-6-13-10-18(15(20)22-13)12-4-2-11(3-5-12)17-8-9-21-14(17)19/h2-5,13,16H,6-10H2,1H3. The maximum absolute atomic E-state index is 11.9. The number of ether oxygens (including phenoxy) is 2. The van der Waals surface area contributed by atoms with Crippen molar-refractivity contribution < 1.29 is 19.1 Å². The number of nitrogens with one attached hydrogen (secondary N) is 1.